The number of anilines is 1. The van der Waals surface area contributed by atoms with Crippen LogP contribution >= 0.6 is 0 Å². The lowest BCUT2D eigenvalue weighted by atomic mass is 9.99. The van der Waals surface area contributed by atoms with Gasteiger partial charge >= 0.3 is 0 Å². The Hall–Kier alpha value is -4.31. The van der Waals surface area contributed by atoms with Crippen molar-refractivity contribution >= 4 is 16.6 Å². The summed E-state index contributed by atoms with van der Waals surface area (Å²) in [5.41, 5.74) is 3.93. The summed E-state index contributed by atoms with van der Waals surface area (Å²) in [7, 11) is 0. The number of aromatic nitrogens is 5. The normalized spacial score (nSPS) is 15.3. The molecule has 1 aliphatic rings. The second-order valence-electron chi connectivity index (χ2n) is 9.75. The maximum absolute atomic E-state index is 14.5. The van der Waals surface area contributed by atoms with E-state index in [0.717, 1.165) is 22.0 Å². The number of fused-ring (bicyclic) bond motifs is 1. The molecule has 6 rings (SSSR count). The molecular formula is C28H28FN7O2. The minimum absolute atomic E-state index is 0.184. The Morgan fingerprint density at radius 2 is 1.87 bits per heavy atom. The standard InChI is InChI=1S/C28H28FN7O2/c1-18-14-19(2)21-16-22(28(37)30-24(21)15-18)26(27-31-32-33-36(27)17-20-6-5-13-38-20)35-11-9-34(10-12-35)25-8-4-3-7-23(25)29/h3-8,13-16,26H,9-12,17H2,1-2H3,(H,30,37). The topological polar surface area (TPSA) is 96.1 Å². The fraction of sp³-hybridized carbons (Fsp3) is 0.286. The van der Waals surface area contributed by atoms with Gasteiger partial charge in [-0.05, 0) is 71.8 Å². The first-order valence-corrected chi connectivity index (χ1v) is 12.6. The molecule has 194 valence electrons. The van der Waals surface area contributed by atoms with Crippen molar-refractivity contribution < 1.29 is 8.81 Å². The predicted molar refractivity (Wildman–Crippen MR) is 142 cm³/mol. The Morgan fingerprint density at radius 1 is 1.05 bits per heavy atom. The number of hydrogen-bond donors (Lipinski definition) is 1. The highest BCUT2D eigenvalue weighted by Crippen LogP contribution is 2.30. The molecule has 5 aromatic rings. The van der Waals surface area contributed by atoms with Crippen molar-refractivity contribution in [3.63, 3.8) is 0 Å². The summed E-state index contributed by atoms with van der Waals surface area (Å²) in [5, 5.41) is 13.6. The number of piperazine rings is 1. The van der Waals surface area contributed by atoms with Gasteiger partial charge in [0, 0.05) is 42.6 Å². The quantitative estimate of drug-likeness (QED) is 0.369. The first-order chi connectivity index (χ1) is 18.5. The van der Waals surface area contributed by atoms with Crippen LogP contribution in [0, 0.1) is 19.7 Å². The summed E-state index contributed by atoms with van der Waals surface area (Å²) in [6.07, 6.45) is 1.61. The second-order valence-corrected chi connectivity index (χ2v) is 9.75. The van der Waals surface area contributed by atoms with Crippen LogP contribution in [0.25, 0.3) is 10.9 Å². The van der Waals surface area contributed by atoms with Gasteiger partial charge in [0.25, 0.3) is 5.56 Å². The van der Waals surface area contributed by atoms with Crippen molar-refractivity contribution in [2.45, 2.75) is 26.4 Å². The number of aryl methyl sites for hydroxylation is 2. The molecule has 38 heavy (non-hydrogen) atoms. The molecule has 2 aromatic carbocycles. The van der Waals surface area contributed by atoms with Crippen molar-refractivity contribution in [1.82, 2.24) is 30.1 Å². The number of nitrogens with zero attached hydrogens (tertiary/aromatic N) is 6. The Kier molecular flexibility index (Phi) is 6.24. The maximum atomic E-state index is 14.5. The molecule has 3 aromatic heterocycles. The molecule has 9 nitrogen and oxygen atoms in total. The molecule has 0 amide bonds. The summed E-state index contributed by atoms with van der Waals surface area (Å²) in [6.45, 7) is 6.78. The van der Waals surface area contributed by atoms with Crippen LogP contribution in [-0.4, -0.2) is 56.3 Å². The van der Waals surface area contributed by atoms with Crippen molar-refractivity contribution in [1.29, 1.82) is 0 Å². The summed E-state index contributed by atoms with van der Waals surface area (Å²) in [6, 6.07) is 16.0. The SMILES string of the molecule is Cc1cc(C)c2cc(C(c3nnnn3Cc3ccco3)N3CCN(c4ccccc4F)CC3)c(=O)[nH]c2c1. The van der Waals surface area contributed by atoms with Gasteiger partial charge in [0.15, 0.2) is 5.82 Å². The Balaban J connectivity index is 1.41. The monoisotopic (exact) mass is 513 g/mol. The van der Waals surface area contributed by atoms with Gasteiger partial charge in [0.05, 0.1) is 12.0 Å². The van der Waals surface area contributed by atoms with E-state index in [9.17, 15) is 9.18 Å². The van der Waals surface area contributed by atoms with Crippen molar-refractivity contribution in [3.05, 3.63) is 105 Å². The van der Waals surface area contributed by atoms with Crippen molar-refractivity contribution in [2.24, 2.45) is 0 Å². The third-order valence-electron chi connectivity index (χ3n) is 7.20. The number of nitrogens with one attached hydrogen (secondary N) is 1. The van der Waals surface area contributed by atoms with Crippen LogP contribution in [0.1, 0.15) is 34.3 Å². The third-order valence-corrected chi connectivity index (χ3v) is 7.20. The Labute approximate surface area is 218 Å². The zero-order chi connectivity index (χ0) is 26.2. The minimum Gasteiger partial charge on any atom is -0.467 e. The largest absolute Gasteiger partial charge is 0.467 e. The van der Waals surface area contributed by atoms with Crippen LogP contribution in [0.15, 0.2) is 70.1 Å². The fourth-order valence-corrected chi connectivity index (χ4v) is 5.39. The Bertz CT molecular complexity index is 1640. The van der Waals surface area contributed by atoms with E-state index in [2.05, 4.69) is 31.5 Å². The first kappa shape index (κ1) is 24.1. The van der Waals surface area contributed by atoms with Gasteiger partial charge in [-0.25, -0.2) is 9.07 Å². The van der Waals surface area contributed by atoms with Crippen LogP contribution in [0.5, 0.6) is 0 Å². The number of aromatic amines is 1. The number of benzene rings is 2. The van der Waals surface area contributed by atoms with E-state index in [-0.39, 0.29) is 11.4 Å². The van der Waals surface area contributed by atoms with E-state index in [0.29, 0.717) is 55.6 Å². The molecule has 1 saturated heterocycles. The van der Waals surface area contributed by atoms with Gasteiger partial charge in [-0.3, -0.25) is 9.69 Å². The number of rotatable bonds is 6. The van der Waals surface area contributed by atoms with Gasteiger partial charge in [0.2, 0.25) is 0 Å². The van der Waals surface area contributed by atoms with Crippen LogP contribution in [0.4, 0.5) is 10.1 Å². The van der Waals surface area contributed by atoms with Crippen molar-refractivity contribution in [2.75, 3.05) is 31.1 Å². The smallest absolute Gasteiger partial charge is 0.253 e. The predicted octanol–water partition coefficient (Wildman–Crippen LogP) is 3.82. The van der Waals surface area contributed by atoms with Gasteiger partial charge in [-0.2, -0.15) is 0 Å². The van der Waals surface area contributed by atoms with Gasteiger partial charge in [-0.1, -0.05) is 18.2 Å². The molecule has 1 aliphatic heterocycles. The minimum atomic E-state index is -0.503. The molecule has 1 N–H and O–H groups in total. The molecule has 0 aliphatic carbocycles. The van der Waals surface area contributed by atoms with E-state index in [1.54, 1.807) is 23.1 Å². The van der Waals surface area contributed by atoms with Gasteiger partial charge in [-0.15, -0.1) is 5.10 Å². The number of halogens is 1. The van der Waals surface area contributed by atoms with Crippen LogP contribution < -0.4 is 10.5 Å². The highest BCUT2D eigenvalue weighted by atomic mass is 19.1. The summed E-state index contributed by atoms with van der Waals surface area (Å²) < 4.78 is 21.7. The molecule has 4 heterocycles. The van der Waals surface area contributed by atoms with Crippen LogP contribution in [0.3, 0.4) is 0 Å². The van der Waals surface area contributed by atoms with Gasteiger partial charge < -0.3 is 14.3 Å². The number of furan rings is 1. The number of pyridine rings is 1. The number of tetrazole rings is 1. The first-order valence-electron chi connectivity index (χ1n) is 12.6. The van der Waals surface area contributed by atoms with E-state index >= 15 is 0 Å². The molecular weight excluding hydrogens is 485 g/mol. The van der Waals surface area contributed by atoms with E-state index in [4.69, 9.17) is 4.42 Å². The average Bonchev–Trinajstić information content (AvgIpc) is 3.58. The second kappa shape index (κ2) is 9.86. The number of hydrogen-bond acceptors (Lipinski definition) is 7. The van der Waals surface area contributed by atoms with E-state index < -0.39 is 6.04 Å². The molecule has 1 fully saturated rings. The highest BCUT2D eigenvalue weighted by Gasteiger charge is 2.33. The molecule has 0 spiro atoms. The third kappa shape index (κ3) is 4.47. The lowest BCUT2D eigenvalue weighted by Gasteiger charge is -2.39. The van der Waals surface area contributed by atoms with E-state index in [1.807, 2.05) is 49.1 Å². The molecule has 1 atom stereocenters. The lowest BCUT2D eigenvalue weighted by Crippen LogP contribution is -2.49. The molecule has 0 radical (unpaired) electrons. The summed E-state index contributed by atoms with van der Waals surface area (Å²) in [4.78, 5) is 20.9. The Morgan fingerprint density at radius 3 is 2.63 bits per heavy atom. The number of para-hydroxylation sites is 1. The fourth-order valence-electron chi connectivity index (χ4n) is 5.39. The van der Waals surface area contributed by atoms with Gasteiger partial charge in [0.1, 0.15) is 24.2 Å². The van der Waals surface area contributed by atoms with Crippen LogP contribution in [-0.2, 0) is 6.54 Å². The summed E-state index contributed by atoms with van der Waals surface area (Å²) >= 11 is 0. The highest BCUT2D eigenvalue weighted by molar-refractivity contribution is 5.83. The molecule has 0 saturated carbocycles. The lowest BCUT2D eigenvalue weighted by molar-refractivity contribution is 0.199. The van der Waals surface area contributed by atoms with E-state index in [1.165, 1.54) is 6.07 Å². The zero-order valence-corrected chi connectivity index (χ0v) is 21.3. The number of H-pyrrole nitrogens is 1. The molecule has 1 unspecified atom stereocenters. The summed E-state index contributed by atoms with van der Waals surface area (Å²) in [5.74, 6) is 1.02. The zero-order valence-electron chi connectivity index (χ0n) is 21.3. The maximum Gasteiger partial charge on any atom is 0.253 e. The van der Waals surface area contributed by atoms with Crippen molar-refractivity contribution in [3.8, 4) is 0 Å². The van der Waals surface area contributed by atoms with Crippen LogP contribution in [0.2, 0.25) is 0 Å². The molecule has 0 bridgehead atoms. The molecule has 10 heteroatoms. The average molecular weight is 514 g/mol.